The van der Waals surface area contributed by atoms with Crippen LogP contribution in [-0.2, 0) is 10.7 Å². The molecule has 0 saturated carbocycles. The molecule has 1 rings (SSSR count). The average molecular weight is 381 g/mol. The summed E-state index contributed by atoms with van der Waals surface area (Å²) in [7, 11) is 0. The number of anilines is 1. The van der Waals surface area contributed by atoms with Crippen molar-refractivity contribution in [3.8, 4) is 0 Å². The van der Waals surface area contributed by atoms with Gasteiger partial charge in [0, 0.05) is 17.3 Å². The lowest BCUT2D eigenvalue weighted by Gasteiger charge is -2.30. The molecule has 1 aromatic rings. The molecule has 5 nitrogen and oxygen atoms in total. The third kappa shape index (κ3) is 6.41. The van der Waals surface area contributed by atoms with E-state index in [0.29, 0.717) is 5.56 Å². The molecule has 0 spiro atoms. The van der Waals surface area contributed by atoms with Gasteiger partial charge in [-0.15, -0.1) is 12.4 Å². The Morgan fingerprint density at radius 1 is 1.20 bits per heavy atom. The second-order valence-electron chi connectivity index (χ2n) is 7.39. The monoisotopic (exact) mass is 380 g/mol. The molecule has 1 atom stereocenters. The van der Waals surface area contributed by atoms with Crippen LogP contribution in [0.2, 0.25) is 0 Å². The number of halogens is 3. The summed E-state index contributed by atoms with van der Waals surface area (Å²) in [6, 6.07) is 3.30. The SMILES string of the molecule is C[C@@H](N)c1cc(NC(=O)OC(C)(C)C)cc(C(F)(F)C(C)(C)O)c1.Cl. The van der Waals surface area contributed by atoms with Crippen LogP contribution in [0, 0.1) is 0 Å². The molecule has 8 heteroatoms. The maximum Gasteiger partial charge on any atom is 0.412 e. The van der Waals surface area contributed by atoms with Gasteiger partial charge in [0.15, 0.2) is 0 Å². The van der Waals surface area contributed by atoms with E-state index >= 15 is 0 Å². The fourth-order valence-corrected chi connectivity index (χ4v) is 1.94. The maximum atomic E-state index is 14.5. The van der Waals surface area contributed by atoms with Gasteiger partial charge in [0.1, 0.15) is 11.2 Å². The number of alkyl halides is 2. The van der Waals surface area contributed by atoms with Crippen molar-refractivity contribution in [3.63, 3.8) is 0 Å². The largest absolute Gasteiger partial charge is 0.444 e. The molecular formula is C17H27ClF2N2O3. The number of rotatable bonds is 4. The minimum Gasteiger partial charge on any atom is -0.444 e. The third-order valence-corrected chi connectivity index (χ3v) is 3.26. The molecule has 0 bridgehead atoms. The van der Waals surface area contributed by atoms with Gasteiger partial charge in [-0.1, -0.05) is 0 Å². The van der Waals surface area contributed by atoms with E-state index in [2.05, 4.69) is 5.32 Å². The molecule has 0 radical (unpaired) electrons. The van der Waals surface area contributed by atoms with Crippen molar-refractivity contribution in [3.05, 3.63) is 29.3 Å². The zero-order valence-corrected chi connectivity index (χ0v) is 16.1. The average Bonchev–Trinajstić information content (AvgIpc) is 2.34. The van der Waals surface area contributed by atoms with E-state index in [-0.39, 0.29) is 18.1 Å². The molecule has 144 valence electrons. The molecule has 0 heterocycles. The quantitative estimate of drug-likeness (QED) is 0.725. The zero-order valence-electron chi connectivity index (χ0n) is 15.3. The fraction of sp³-hybridized carbons (Fsp3) is 0.588. The topological polar surface area (TPSA) is 84.6 Å². The van der Waals surface area contributed by atoms with Crippen molar-refractivity contribution in [2.75, 3.05) is 5.32 Å². The lowest BCUT2D eigenvalue weighted by atomic mass is 9.91. The normalized spacial score (nSPS) is 13.7. The summed E-state index contributed by atoms with van der Waals surface area (Å²) in [5.74, 6) is -3.53. The molecule has 25 heavy (non-hydrogen) atoms. The number of nitrogens with two attached hydrogens (primary N) is 1. The van der Waals surface area contributed by atoms with Crippen molar-refractivity contribution in [1.29, 1.82) is 0 Å². The summed E-state index contributed by atoms with van der Waals surface area (Å²) in [6.07, 6.45) is -0.762. The van der Waals surface area contributed by atoms with E-state index in [4.69, 9.17) is 10.5 Å². The number of carbonyl (C=O) groups is 1. The number of carbonyl (C=O) groups excluding carboxylic acids is 1. The van der Waals surface area contributed by atoms with E-state index in [1.54, 1.807) is 27.7 Å². The molecule has 0 aromatic heterocycles. The van der Waals surface area contributed by atoms with E-state index in [1.807, 2.05) is 0 Å². The summed E-state index contributed by atoms with van der Waals surface area (Å²) < 4.78 is 34.0. The Morgan fingerprint density at radius 3 is 2.12 bits per heavy atom. The first kappa shape index (κ1) is 23.6. The number of aliphatic hydroxyl groups is 1. The van der Waals surface area contributed by atoms with E-state index < -0.39 is 34.8 Å². The minimum atomic E-state index is -3.53. The van der Waals surface area contributed by atoms with Gasteiger partial charge in [-0.25, -0.2) is 4.79 Å². The number of ether oxygens (including phenoxy) is 1. The second-order valence-corrected chi connectivity index (χ2v) is 7.39. The first-order chi connectivity index (χ1) is 10.6. The van der Waals surface area contributed by atoms with Crippen LogP contribution < -0.4 is 11.1 Å². The van der Waals surface area contributed by atoms with Crippen molar-refractivity contribution >= 4 is 24.2 Å². The highest BCUT2D eigenvalue weighted by Crippen LogP contribution is 2.40. The van der Waals surface area contributed by atoms with Crippen LogP contribution in [0.4, 0.5) is 19.3 Å². The number of benzene rings is 1. The predicted octanol–water partition coefficient (Wildman–Crippen LogP) is 4.34. The van der Waals surface area contributed by atoms with Crippen molar-refractivity contribution < 1.29 is 23.4 Å². The summed E-state index contributed by atoms with van der Waals surface area (Å²) in [5, 5.41) is 12.2. The smallest absolute Gasteiger partial charge is 0.412 e. The molecule has 0 aliphatic heterocycles. The van der Waals surface area contributed by atoms with Crippen LogP contribution in [-0.4, -0.2) is 22.4 Å². The number of hydrogen-bond donors (Lipinski definition) is 3. The van der Waals surface area contributed by atoms with Crippen LogP contribution in [0.3, 0.4) is 0 Å². The molecule has 0 fully saturated rings. The zero-order chi connectivity index (χ0) is 18.9. The predicted molar refractivity (Wildman–Crippen MR) is 96.3 cm³/mol. The number of hydrogen-bond acceptors (Lipinski definition) is 4. The van der Waals surface area contributed by atoms with Crippen LogP contribution in [0.25, 0.3) is 0 Å². The minimum absolute atomic E-state index is 0. The maximum absolute atomic E-state index is 14.5. The highest BCUT2D eigenvalue weighted by molar-refractivity contribution is 5.85. The molecule has 0 saturated heterocycles. The molecule has 1 amide bonds. The number of nitrogens with one attached hydrogen (secondary N) is 1. The van der Waals surface area contributed by atoms with Gasteiger partial charge in [0.2, 0.25) is 0 Å². The summed E-state index contributed by atoms with van der Waals surface area (Å²) in [4.78, 5) is 11.9. The van der Waals surface area contributed by atoms with E-state index in [1.165, 1.54) is 12.1 Å². The summed E-state index contributed by atoms with van der Waals surface area (Å²) >= 11 is 0. The molecule has 1 aromatic carbocycles. The Labute approximate surface area is 153 Å². The van der Waals surface area contributed by atoms with Gasteiger partial charge < -0.3 is 15.6 Å². The van der Waals surface area contributed by atoms with Gasteiger partial charge in [-0.3, -0.25) is 5.32 Å². The Hall–Kier alpha value is -1.44. The highest BCUT2D eigenvalue weighted by Gasteiger charge is 2.47. The Balaban J connectivity index is 0.00000576. The van der Waals surface area contributed by atoms with Gasteiger partial charge in [0.25, 0.3) is 0 Å². The molecule has 0 aliphatic carbocycles. The lowest BCUT2D eigenvalue weighted by Crippen LogP contribution is -2.40. The Kier molecular flexibility index (Phi) is 7.39. The van der Waals surface area contributed by atoms with Gasteiger partial charge in [0.05, 0.1) is 0 Å². The summed E-state index contributed by atoms with van der Waals surface area (Å²) in [6.45, 7) is 8.76. The second kappa shape index (κ2) is 7.85. The Morgan fingerprint density at radius 2 is 1.72 bits per heavy atom. The van der Waals surface area contributed by atoms with Crippen LogP contribution in [0.1, 0.15) is 58.7 Å². The van der Waals surface area contributed by atoms with Gasteiger partial charge >= 0.3 is 12.0 Å². The van der Waals surface area contributed by atoms with Crippen molar-refractivity contribution in [2.45, 2.75) is 64.7 Å². The highest BCUT2D eigenvalue weighted by atomic mass is 35.5. The van der Waals surface area contributed by atoms with Crippen molar-refractivity contribution in [2.24, 2.45) is 5.73 Å². The first-order valence-corrected chi connectivity index (χ1v) is 7.65. The third-order valence-electron chi connectivity index (χ3n) is 3.26. The standard InChI is InChI=1S/C17H26F2N2O3.ClH/c1-10(20)11-7-12(17(18,19)16(5,6)23)9-13(8-11)21-14(22)24-15(2,3)4;/h7-10,23H,20H2,1-6H3,(H,21,22);1H/t10-;/m1./s1. The lowest BCUT2D eigenvalue weighted by molar-refractivity contribution is -0.168. The Bertz CT molecular complexity index is 609. The van der Waals surface area contributed by atoms with Gasteiger partial charge in [-0.05, 0) is 65.3 Å². The van der Waals surface area contributed by atoms with E-state index in [0.717, 1.165) is 19.9 Å². The first-order valence-electron chi connectivity index (χ1n) is 7.65. The van der Waals surface area contributed by atoms with E-state index in [9.17, 15) is 18.7 Å². The van der Waals surface area contributed by atoms with Crippen LogP contribution >= 0.6 is 12.4 Å². The number of amides is 1. The molecule has 0 aliphatic rings. The summed E-state index contributed by atoms with van der Waals surface area (Å²) in [5.41, 5.74) is 2.89. The molecule has 0 unspecified atom stereocenters. The molecule has 4 N–H and O–H groups in total. The van der Waals surface area contributed by atoms with Crippen LogP contribution in [0.5, 0.6) is 0 Å². The van der Waals surface area contributed by atoms with Crippen LogP contribution in [0.15, 0.2) is 18.2 Å². The molecular weight excluding hydrogens is 354 g/mol. The van der Waals surface area contributed by atoms with Crippen molar-refractivity contribution in [1.82, 2.24) is 0 Å². The fourth-order valence-electron chi connectivity index (χ4n) is 1.94. The van der Waals surface area contributed by atoms with Gasteiger partial charge in [-0.2, -0.15) is 8.78 Å².